The number of β-amino-alcohol motifs (C(OH)–C–C–N with tert-alkyl or cyclic N) is 6. The Morgan fingerprint density at radius 2 is 0.373 bits per heavy atom. The molecule has 9 heterocycles. The van der Waals surface area contributed by atoms with Gasteiger partial charge in [0.15, 0.2) is 0 Å². The minimum Gasteiger partial charge on any atom is -0.389 e. The molecule has 596 valence electrons. The van der Waals surface area contributed by atoms with Crippen molar-refractivity contribution in [2.24, 2.45) is 21.7 Å². The van der Waals surface area contributed by atoms with Crippen molar-refractivity contribution in [2.45, 2.75) is 127 Å². The molecule has 0 saturated carbocycles. The van der Waals surface area contributed by atoms with Gasteiger partial charge in [0.1, 0.15) is 36.6 Å². The molecule has 9 aliphatic rings. The van der Waals surface area contributed by atoms with Crippen LogP contribution in [0.25, 0.3) is 0 Å². The molecule has 12 unspecified atom stereocenters. The number of nitrogens with zero attached hydrogens (tertiary/aromatic N) is 6. The van der Waals surface area contributed by atoms with Gasteiger partial charge in [0, 0.05) is 139 Å². The van der Waals surface area contributed by atoms with Crippen LogP contribution in [0, 0.1) is 21.7 Å². The van der Waals surface area contributed by atoms with Crippen LogP contribution in [0.4, 0.5) is 0 Å². The summed E-state index contributed by atoms with van der Waals surface area (Å²) >= 11 is 0. The fourth-order valence-electron chi connectivity index (χ4n) is 13.2. The number of hydrogen-bond donors (Lipinski definition) is 6. The molecule has 0 aromatic carbocycles. The first-order chi connectivity index (χ1) is 49.5. The Morgan fingerprint density at radius 1 is 0.245 bits per heavy atom. The first-order valence-electron chi connectivity index (χ1n) is 38.6. The second-order valence-corrected chi connectivity index (χ2v) is 31.1. The van der Waals surface area contributed by atoms with Gasteiger partial charge in [-0.1, -0.05) is 27.7 Å². The van der Waals surface area contributed by atoms with Crippen molar-refractivity contribution in [2.75, 3.05) is 316 Å². The standard InChI is InChI=1S/C72H134N6O24/c1-5-69(45-85-27-57(79)21-73-9-15-76(16-10-73)24-60(82)30-88-48-70(6-2,51-91-33-63-39-97-63)52-92-34-64-40-98-64,46-86-28-58(80)22-74-11-17-77(18-12-74)25-61(83)31-89-49-71(7-3,53-93-35-65-41-99-65)54-94-36-66-42-100-66)47-87-29-59(81)23-75-13-19-78(20-14-75)26-62(84)32-90-50-72(8-4,55-95-37-67-43-101-67)56-96-38-68-44-102-68/h57-68,79-84H,5-56H2,1-4H3. The molecule has 30 nitrogen and oxygen atoms in total. The Kier molecular flexibility index (Phi) is 37.6. The van der Waals surface area contributed by atoms with Gasteiger partial charge in [0.2, 0.25) is 0 Å². The topological polar surface area (TPSA) is 327 Å². The number of epoxide rings is 6. The highest BCUT2D eigenvalue weighted by molar-refractivity contribution is 4.87. The van der Waals surface area contributed by atoms with Crippen molar-refractivity contribution < 1.29 is 116 Å². The summed E-state index contributed by atoms with van der Waals surface area (Å²) in [6.07, 6.45) is -0.236. The Labute approximate surface area is 607 Å². The lowest BCUT2D eigenvalue weighted by Gasteiger charge is -2.37. The third-order valence-corrected chi connectivity index (χ3v) is 21.2. The Hall–Kier alpha value is -1.20. The maximum atomic E-state index is 11.4. The van der Waals surface area contributed by atoms with Crippen molar-refractivity contribution in [1.82, 2.24) is 29.4 Å². The number of ether oxygens (including phenoxy) is 18. The minimum atomic E-state index is -0.755. The molecule has 0 radical (unpaired) electrons. The van der Waals surface area contributed by atoms with Gasteiger partial charge in [0.25, 0.3) is 0 Å². The average Bonchev–Trinajstić information content (AvgIpc) is 1.92. The zero-order chi connectivity index (χ0) is 71.9. The van der Waals surface area contributed by atoms with Crippen LogP contribution >= 0.6 is 0 Å². The fraction of sp³-hybridized carbons (Fsp3) is 1.00. The molecule has 9 rings (SSSR count). The van der Waals surface area contributed by atoms with Gasteiger partial charge in [-0.2, -0.15) is 0 Å². The summed E-state index contributed by atoms with van der Waals surface area (Å²) in [7, 11) is 0. The zero-order valence-electron chi connectivity index (χ0n) is 62.4. The van der Waals surface area contributed by atoms with E-state index in [-0.39, 0.29) is 112 Å². The smallest absolute Gasteiger partial charge is 0.104 e. The van der Waals surface area contributed by atoms with E-state index in [0.29, 0.717) is 145 Å². The largest absolute Gasteiger partial charge is 0.389 e. The highest BCUT2D eigenvalue weighted by Gasteiger charge is 2.39. The third kappa shape index (κ3) is 34.0. The van der Waals surface area contributed by atoms with Crippen LogP contribution in [0.5, 0.6) is 0 Å². The lowest BCUT2D eigenvalue weighted by Crippen LogP contribution is -2.51. The Balaban J connectivity index is 0.675. The summed E-state index contributed by atoms with van der Waals surface area (Å²) in [4.78, 5) is 13.4. The predicted molar refractivity (Wildman–Crippen MR) is 374 cm³/mol. The molecule has 102 heavy (non-hydrogen) atoms. The van der Waals surface area contributed by atoms with Gasteiger partial charge < -0.3 is 116 Å². The maximum absolute atomic E-state index is 11.4. The number of piperazine rings is 3. The normalized spacial score (nSPS) is 27.8. The average molecular weight is 1470 g/mol. The molecule has 9 aliphatic heterocycles. The number of aliphatic hydroxyl groups excluding tert-OH is 6. The SMILES string of the molecule is CCC(COCC(O)CN1CCN(CC(O)COCC(CC)(COCC2CO2)COCC2CO2)CC1)(COCC(O)CN1CCN(CC(O)COCC(CC)(COCC2CO2)COCC2CO2)CC1)COCC(O)CN1CCN(CC(O)COCC(CC)(COCC2CO2)COCC2CO2)CC1. The summed E-state index contributed by atoms with van der Waals surface area (Å²) in [6, 6.07) is 0. The maximum Gasteiger partial charge on any atom is 0.104 e. The molecule has 12 atom stereocenters. The molecule has 0 spiro atoms. The molecule has 0 aromatic heterocycles. The third-order valence-electron chi connectivity index (χ3n) is 21.2. The van der Waals surface area contributed by atoms with Crippen molar-refractivity contribution >= 4 is 0 Å². The van der Waals surface area contributed by atoms with E-state index in [4.69, 9.17) is 85.3 Å². The lowest BCUT2D eigenvalue weighted by molar-refractivity contribution is -0.105. The number of hydrogen-bond acceptors (Lipinski definition) is 30. The van der Waals surface area contributed by atoms with Crippen LogP contribution in [0.3, 0.4) is 0 Å². The van der Waals surface area contributed by atoms with Gasteiger partial charge in [-0.25, -0.2) is 0 Å². The second-order valence-electron chi connectivity index (χ2n) is 31.1. The van der Waals surface area contributed by atoms with Gasteiger partial charge in [-0.05, 0) is 25.7 Å². The highest BCUT2D eigenvalue weighted by atomic mass is 16.6. The molecule has 0 aliphatic carbocycles. The zero-order valence-corrected chi connectivity index (χ0v) is 62.4. The van der Waals surface area contributed by atoms with E-state index in [9.17, 15) is 30.6 Å². The summed E-state index contributed by atoms with van der Waals surface area (Å²) in [6.45, 7) is 33.4. The van der Waals surface area contributed by atoms with E-state index in [1.165, 1.54) is 0 Å². The molecule has 0 amide bonds. The van der Waals surface area contributed by atoms with E-state index < -0.39 is 42.0 Å². The van der Waals surface area contributed by atoms with Crippen LogP contribution in [0.1, 0.15) is 53.4 Å². The monoisotopic (exact) mass is 1470 g/mol. The van der Waals surface area contributed by atoms with Crippen molar-refractivity contribution in [1.29, 1.82) is 0 Å². The fourth-order valence-corrected chi connectivity index (χ4v) is 13.2. The van der Waals surface area contributed by atoms with E-state index in [0.717, 1.165) is 137 Å². The van der Waals surface area contributed by atoms with Crippen LogP contribution in [-0.4, -0.2) is 449 Å². The first-order valence-corrected chi connectivity index (χ1v) is 38.6. The van der Waals surface area contributed by atoms with Crippen molar-refractivity contribution in [3.05, 3.63) is 0 Å². The summed E-state index contributed by atoms with van der Waals surface area (Å²) < 4.78 is 106. The van der Waals surface area contributed by atoms with E-state index in [2.05, 4.69) is 57.1 Å². The summed E-state index contributed by atoms with van der Waals surface area (Å²) in [5, 5.41) is 67.4. The lowest BCUT2D eigenvalue weighted by atomic mass is 9.88. The van der Waals surface area contributed by atoms with Gasteiger partial charge >= 0.3 is 0 Å². The molecule has 9 saturated heterocycles. The molecule has 9 fully saturated rings. The van der Waals surface area contributed by atoms with Crippen molar-refractivity contribution in [3.8, 4) is 0 Å². The van der Waals surface area contributed by atoms with Crippen LogP contribution in [0.2, 0.25) is 0 Å². The second kappa shape index (κ2) is 45.2. The predicted octanol–water partition coefficient (Wildman–Crippen LogP) is -1.82. The van der Waals surface area contributed by atoms with Crippen LogP contribution < -0.4 is 0 Å². The minimum absolute atomic E-state index is 0.101. The van der Waals surface area contributed by atoms with Crippen LogP contribution in [0.15, 0.2) is 0 Å². The van der Waals surface area contributed by atoms with Crippen molar-refractivity contribution in [3.63, 3.8) is 0 Å². The van der Waals surface area contributed by atoms with E-state index in [1.54, 1.807) is 0 Å². The molecular weight excluding hydrogens is 1330 g/mol. The summed E-state index contributed by atoms with van der Waals surface area (Å²) in [5.74, 6) is 0. The number of aliphatic hydroxyl groups is 6. The Bertz CT molecular complexity index is 1900. The van der Waals surface area contributed by atoms with Crippen LogP contribution in [-0.2, 0) is 85.3 Å². The first kappa shape index (κ1) is 84.8. The molecular formula is C72H134N6O24. The molecule has 6 N–H and O–H groups in total. The number of rotatable bonds is 64. The summed E-state index contributed by atoms with van der Waals surface area (Å²) in [5.41, 5.74) is -1.67. The highest BCUT2D eigenvalue weighted by Crippen LogP contribution is 2.30. The van der Waals surface area contributed by atoms with E-state index >= 15 is 0 Å². The van der Waals surface area contributed by atoms with E-state index in [1.807, 2.05) is 0 Å². The quantitative estimate of drug-likeness (QED) is 0.0365. The molecule has 30 heteroatoms. The van der Waals surface area contributed by atoms with Gasteiger partial charge in [0.05, 0.1) is 235 Å². The Morgan fingerprint density at radius 3 is 0.490 bits per heavy atom. The molecule has 0 aromatic rings. The van der Waals surface area contributed by atoms with Gasteiger partial charge in [-0.15, -0.1) is 0 Å². The van der Waals surface area contributed by atoms with Gasteiger partial charge in [-0.3, -0.25) is 29.4 Å². The molecule has 0 bridgehead atoms.